The second-order valence-electron chi connectivity index (χ2n) is 6.05. The molecule has 2 aliphatic heterocycles. The summed E-state index contributed by atoms with van der Waals surface area (Å²) in [6.45, 7) is 1.31. The zero-order valence-corrected chi connectivity index (χ0v) is 15.2. The fourth-order valence-electron chi connectivity index (χ4n) is 3.26. The van der Waals surface area contributed by atoms with Gasteiger partial charge in [0.2, 0.25) is 5.91 Å². The van der Waals surface area contributed by atoms with E-state index >= 15 is 0 Å². The molecule has 0 N–H and O–H groups in total. The van der Waals surface area contributed by atoms with Crippen molar-refractivity contribution >= 4 is 31.7 Å². The molecule has 1 aromatic carbocycles. The summed E-state index contributed by atoms with van der Waals surface area (Å²) >= 11 is 0. The van der Waals surface area contributed by atoms with Crippen LogP contribution in [0, 0.1) is 0 Å². The minimum Gasteiger partial charge on any atom is -0.337 e. The highest BCUT2D eigenvalue weighted by Crippen LogP contribution is 2.30. The lowest BCUT2D eigenvalue weighted by Crippen LogP contribution is -2.47. The van der Waals surface area contributed by atoms with Crippen LogP contribution in [-0.4, -0.2) is 68.5 Å². The number of nitrogens with zero attached hydrogens (tertiary/aromatic N) is 2. The molecule has 1 aromatic rings. The number of carbonyl (C=O) groups is 2. The van der Waals surface area contributed by atoms with E-state index in [1.807, 2.05) is 0 Å². The highest BCUT2D eigenvalue weighted by atomic mass is 32.2. The van der Waals surface area contributed by atoms with Gasteiger partial charge in [0.15, 0.2) is 9.84 Å². The van der Waals surface area contributed by atoms with Crippen molar-refractivity contribution < 1.29 is 26.4 Å². The first-order valence-corrected chi connectivity index (χ1v) is 11.1. The Hall–Kier alpha value is -1.94. The van der Waals surface area contributed by atoms with Crippen LogP contribution in [0.1, 0.15) is 23.7 Å². The molecule has 0 aromatic heterocycles. The minimum atomic E-state index is -4.06. The maximum Gasteiger partial charge on any atom is 0.269 e. The number of benzene rings is 1. The van der Waals surface area contributed by atoms with Crippen LogP contribution < -0.4 is 0 Å². The lowest BCUT2D eigenvalue weighted by atomic mass is 10.2. The van der Waals surface area contributed by atoms with Crippen LogP contribution >= 0.6 is 0 Å². The number of likely N-dealkylation sites (N-methyl/N-ethyl adjacent to an activating group) is 1. The fraction of sp³-hybridized carbons (Fsp3) is 0.467. The molecule has 25 heavy (non-hydrogen) atoms. The van der Waals surface area contributed by atoms with Gasteiger partial charge in [-0.2, -0.15) is 0 Å². The lowest BCUT2D eigenvalue weighted by Gasteiger charge is -2.28. The molecule has 2 aliphatic rings. The molecule has 2 amide bonds. The van der Waals surface area contributed by atoms with E-state index in [1.54, 1.807) is 13.0 Å². The van der Waals surface area contributed by atoms with Crippen LogP contribution in [0.15, 0.2) is 29.2 Å². The number of rotatable bonds is 4. The van der Waals surface area contributed by atoms with Gasteiger partial charge in [-0.15, -0.1) is 0 Å². The Labute approximate surface area is 146 Å². The summed E-state index contributed by atoms with van der Waals surface area (Å²) in [4.78, 5) is 26.2. The summed E-state index contributed by atoms with van der Waals surface area (Å²) in [5.74, 6) is -1.44. The molecular formula is C15H18N2O6S2. The van der Waals surface area contributed by atoms with Gasteiger partial charge >= 0.3 is 0 Å². The Balaban J connectivity index is 1.83. The van der Waals surface area contributed by atoms with Gasteiger partial charge in [-0.05, 0) is 25.5 Å². The number of sulfone groups is 1. The third-order valence-corrected chi connectivity index (χ3v) is 8.04. The maximum absolute atomic E-state index is 12.6. The molecule has 0 spiro atoms. The minimum absolute atomic E-state index is 0.00777. The number of fused-ring (bicyclic) bond motifs is 1. The Morgan fingerprint density at radius 2 is 1.92 bits per heavy atom. The van der Waals surface area contributed by atoms with Gasteiger partial charge in [-0.25, -0.2) is 21.1 Å². The second-order valence-corrected chi connectivity index (χ2v) is 10.1. The van der Waals surface area contributed by atoms with Crippen LogP contribution in [0.4, 0.5) is 0 Å². The summed E-state index contributed by atoms with van der Waals surface area (Å²) < 4.78 is 48.8. The van der Waals surface area contributed by atoms with Crippen LogP contribution in [0.3, 0.4) is 0 Å². The van der Waals surface area contributed by atoms with Crippen molar-refractivity contribution in [1.29, 1.82) is 0 Å². The normalized spacial score (nSPS) is 23.5. The van der Waals surface area contributed by atoms with Crippen molar-refractivity contribution in [2.45, 2.75) is 24.3 Å². The smallest absolute Gasteiger partial charge is 0.269 e. The highest BCUT2D eigenvalue weighted by molar-refractivity contribution is 7.91. The van der Waals surface area contributed by atoms with Gasteiger partial charge in [0.25, 0.3) is 15.9 Å². The van der Waals surface area contributed by atoms with E-state index in [9.17, 15) is 26.4 Å². The van der Waals surface area contributed by atoms with E-state index in [1.165, 1.54) is 23.1 Å². The standard InChI is InChI=1S/C15H18N2O6S2/c1-2-16(11-7-8-24(20,21)10-11)14(18)9-17-15(19)12-5-3-4-6-13(12)25(17,22)23/h3-6,11H,2,7-10H2,1H3. The third-order valence-electron chi connectivity index (χ3n) is 4.50. The summed E-state index contributed by atoms with van der Waals surface area (Å²) in [5, 5.41) is 0. The van der Waals surface area contributed by atoms with Crippen molar-refractivity contribution in [2.24, 2.45) is 0 Å². The van der Waals surface area contributed by atoms with Crippen molar-refractivity contribution in [3.05, 3.63) is 29.8 Å². The van der Waals surface area contributed by atoms with Crippen LogP contribution in [0.2, 0.25) is 0 Å². The average molecular weight is 386 g/mol. The zero-order chi connectivity index (χ0) is 18.4. The quantitative estimate of drug-likeness (QED) is 0.713. The molecule has 8 nitrogen and oxygen atoms in total. The lowest BCUT2D eigenvalue weighted by molar-refractivity contribution is -0.132. The molecule has 1 saturated heterocycles. The van der Waals surface area contributed by atoms with E-state index < -0.39 is 44.3 Å². The summed E-state index contributed by atoms with van der Waals surface area (Å²) in [7, 11) is -7.24. The summed E-state index contributed by atoms with van der Waals surface area (Å²) in [6.07, 6.45) is 0.322. The first-order valence-electron chi connectivity index (χ1n) is 7.83. The van der Waals surface area contributed by atoms with Crippen molar-refractivity contribution in [2.75, 3.05) is 24.6 Å². The van der Waals surface area contributed by atoms with Gasteiger partial charge in [0, 0.05) is 12.6 Å². The Bertz CT molecular complexity index is 939. The zero-order valence-electron chi connectivity index (χ0n) is 13.6. The summed E-state index contributed by atoms with van der Waals surface area (Å²) in [6, 6.07) is 5.32. The Morgan fingerprint density at radius 1 is 1.24 bits per heavy atom. The molecule has 1 atom stereocenters. The highest BCUT2D eigenvalue weighted by Gasteiger charge is 2.43. The molecule has 2 heterocycles. The first kappa shape index (κ1) is 17.9. The van der Waals surface area contributed by atoms with E-state index in [4.69, 9.17) is 0 Å². The van der Waals surface area contributed by atoms with Crippen molar-refractivity contribution in [3.63, 3.8) is 0 Å². The maximum atomic E-state index is 12.6. The topological polar surface area (TPSA) is 109 Å². The van der Waals surface area contributed by atoms with E-state index in [0.29, 0.717) is 10.7 Å². The number of hydrogen-bond donors (Lipinski definition) is 0. The predicted octanol–water partition coefficient (Wildman–Crippen LogP) is -0.133. The predicted molar refractivity (Wildman–Crippen MR) is 89.1 cm³/mol. The molecule has 3 rings (SSSR count). The van der Waals surface area contributed by atoms with Gasteiger partial charge < -0.3 is 4.90 Å². The summed E-state index contributed by atoms with van der Waals surface area (Å²) in [5.41, 5.74) is 0.0433. The fourth-order valence-corrected chi connectivity index (χ4v) is 6.51. The molecule has 0 aliphatic carbocycles. The van der Waals surface area contributed by atoms with Gasteiger partial charge in [-0.1, -0.05) is 12.1 Å². The molecule has 0 saturated carbocycles. The molecule has 1 unspecified atom stereocenters. The first-order chi connectivity index (χ1) is 11.7. The number of sulfonamides is 1. The van der Waals surface area contributed by atoms with Crippen molar-refractivity contribution in [1.82, 2.24) is 9.21 Å². The van der Waals surface area contributed by atoms with Gasteiger partial charge in [0.05, 0.1) is 17.1 Å². The molecule has 0 radical (unpaired) electrons. The average Bonchev–Trinajstić information content (AvgIpc) is 2.99. The molecule has 1 fully saturated rings. The van der Waals surface area contributed by atoms with E-state index in [2.05, 4.69) is 0 Å². The third kappa shape index (κ3) is 3.04. The van der Waals surface area contributed by atoms with Crippen LogP contribution in [-0.2, 0) is 24.7 Å². The molecule has 0 bridgehead atoms. The van der Waals surface area contributed by atoms with Gasteiger partial charge in [0.1, 0.15) is 11.4 Å². The van der Waals surface area contributed by atoms with Crippen LogP contribution in [0.5, 0.6) is 0 Å². The Kier molecular flexibility index (Phi) is 4.36. The van der Waals surface area contributed by atoms with Crippen molar-refractivity contribution in [3.8, 4) is 0 Å². The molecular weight excluding hydrogens is 368 g/mol. The molecule has 10 heteroatoms. The second kappa shape index (κ2) is 6.10. The molecule has 136 valence electrons. The SMILES string of the molecule is CCN(C(=O)CN1C(=O)c2ccccc2S1(=O)=O)C1CCS(=O)(=O)C1. The van der Waals surface area contributed by atoms with E-state index in [0.717, 1.165) is 0 Å². The van der Waals surface area contributed by atoms with E-state index in [-0.39, 0.29) is 28.5 Å². The number of hydrogen-bond acceptors (Lipinski definition) is 6. The number of carbonyl (C=O) groups excluding carboxylic acids is 2. The Morgan fingerprint density at radius 3 is 2.48 bits per heavy atom. The largest absolute Gasteiger partial charge is 0.337 e. The van der Waals surface area contributed by atoms with Gasteiger partial charge in [-0.3, -0.25) is 9.59 Å². The monoisotopic (exact) mass is 386 g/mol. The van der Waals surface area contributed by atoms with Crippen LogP contribution in [0.25, 0.3) is 0 Å². The number of amides is 2.